The van der Waals surface area contributed by atoms with Crippen molar-refractivity contribution in [3.63, 3.8) is 0 Å². The summed E-state index contributed by atoms with van der Waals surface area (Å²) in [6.45, 7) is 5.56. The van der Waals surface area contributed by atoms with Gasteiger partial charge in [0.05, 0.1) is 0 Å². The molecule has 0 atom stereocenters. The molecule has 0 saturated carbocycles. The molecule has 0 bridgehead atoms. The summed E-state index contributed by atoms with van der Waals surface area (Å²) >= 11 is 0. The Morgan fingerprint density at radius 3 is 2.83 bits per heavy atom. The van der Waals surface area contributed by atoms with Crippen molar-refractivity contribution >= 4 is 0 Å². The molecule has 64 valence electrons. The number of aromatic nitrogens is 1. The van der Waals surface area contributed by atoms with Crippen LogP contribution in [-0.4, -0.2) is 11.5 Å². The number of hydrogen-bond donors (Lipinski definition) is 1. The van der Waals surface area contributed by atoms with Crippen LogP contribution in [0.2, 0.25) is 0 Å². The van der Waals surface area contributed by atoms with Gasteiger partial charge in [-0.2, -0.15) is 0 Å². The van der Waals surface area contributed by atoms with Crippen LogP contribution < -0.4 is 5.32 Å². The van der Waals surface area contributed by atoms with Gasteiger partial charge in [0.1, 0.15) is 0 Å². The van der Waals surface area contributed by atoms with Crippen LogP contribution in [0.15, 0.2) is 37.2 Å². The maximum atomic E-state index is 3.95. The number of nitrogens with one attached hydrogen (secondary N) is 1. The second-order valence-corrected chi connectivity index (χ2v) is 2.61. The molecule has 0 aliphatic carbocycles. The van der Waals surface area contributed by atoms with Crippen molar-refractivity contribution in [2.75, 3.05) is 6.54 Å². The minimum atomic E-state index is 0.913. The molecule has 0 saturated heterocycles. The number of hydrogen-bond acceptors (Lipinski definition) is 2. The fraction of sp³-hybridized carbons (Fsp3) is 0.300. The van der Waals surface area contributed by atoms with E-state index in [1.54, 1.807) is 0 Å². The van der Waals surface area contributed by atoms with Crippen LogP contribution in [0.1, 0.15) is 12.0 Å². The lowest BCUT2D eigenvalue weighted by Crippen LogP contribution is -2.13. The zero-order chi connectivity index (χ0) is 8.65. The predicted molar refractivity (Wildman–Crippen MR) is 50.8 cm³/mol. The standard InChI is InChI=1S/C10H14N2/c1-2-3-6-12-9-10-4-7-11-8-5-10/h2,4-5,7-8,12H,1,3,6,9H2. The normalized spacial score (nSPS) is 9.67. The van der Waals surface area contributed by atoms with Gasteiger partial charge in [0.25, 0.3) is 0 Å². The highest BCUT2D eigenvalue weighted by atomic mass is 14.8. The van der Waals surface area contributed by atoms with Crippen LogP contribution in [0.3, 0.4) is 0 Å². The highest BCUT2D eigenvalue weighted by Gasteiger charge is 1.88. The van der Waals surface area contributed by atoms with Crippen molar-refractivity contribution in [2.24, 2.45) is 0 Å². The first-order valence-electron chi connectivity index (χ1n) is 4.14. The van der Waals surface area contributed by atoms with E-state index in [1.165, 1.54) is 5.56 Å². The summed E-state index contributed by atoms with van der Waals surface area (Å²) in [5.41, 5.74) is 1.27. The van der Waals surface area contributed by atoms with Crippen molar-refractivity contribution in [3.05, 3.63) is 42.7 Å². The summed E-state index contributed by atoms with van der Waals surface area (Å²) in [5.74, 6) is 0. The lowest BCUT2D eigenvalue weighted by atomic mass is 10.2. The summed E-state index contributed by atoms with van der Waals surface area (Å²) in [4.78, 5) is 3.95. The van der Waals surface area contributed by atoms with E-state index >= 15 is 0 Å². The Morgan fingerprint density at radius 2 is 2.17 bits per heavy atom. The van der Waals surface area contributed by atoms with E-state index in [9.17, 15) is 0 Å². The molecule has 2 nitrogen and oxygen atoms in total. The number of rotatable bonds is 5. The zero-order valence-electron chi connectivity index (χ0n) is 7.16. The Balaban J connectivity index is 2.20. The summed E-state index contributed by atoms with van der Waals surface area (Å²) < 4.78 is 0. The smallest absolute Gasteiger partial charge is 0.0271 e. The zero-order valence-corrected chi connectivity index (χ0v) is 7.16. The molecule has 0 aromatic carbocycles. The van der Waals surface area contributed by atoms with E-state index in [4.69, 9.17) is 0 Å². The van der Waals surface area contributed by atoms with E-state index in [-0.39, 0.29) is 0 Å². The van der Waals surface area contributed by atoms with Gasteiger partial charge in [0.2, 0.25) is 0 Å². The lowest BCUT2D eigenvalue weighted by molar-refractivity contribution is 0.695. The predicted octanol–water partition coefficient (Wildman–Crippen LogP) is 1.75. The van der Waals surface area contributed by atoms with Crippen LogP contribution in [0.4, 0.5) is 0 Å². The first-order chi connectivity index (χ1) is 5.93. The SMILES string of the molecule is C=CCCNCc1ccncc1. The maximum Gasteiger partial charge on any atom is 0.0271 e. The summed E-state index contributed by atoms with van der Waals surface area (Å²) in [6, 6.07) is 4.03. The lowest BCUT2D eigenvalue weighted by Gasteiger charge is -2.01. The molecule has 0 radical (unpaired) electrons. The molecule has 1 N–H and O–H groups in total. The fourth-order valence-corrected chi connectivity index (χ4v) is 0.937. The fourth-order valence-electron chi connectivity index (χ4n) is 0.937. The molecule has 1 rings (SSSR count). The molecule has 2 heteroatoms. The van der Waals surface area contributed by atoms with Gasteiger partial charge in [0, 0.05) is 18.9 Å². The molecule has 1 aromatic heterocycles. The van der Waals surface area contributed by atoms with Gasteiger partial charge in [-0.15, -0.1) is 6.58 Å². The quantitative estimate of drug-likeness (QED) is 0.527. The van der Waals surface area contributed by atoms with E-state index < -0.39 is 0 Å². The minimum Gasteiger partial charge on any atom is -0.312 e. The molecular formula is C10H14N2. The van der Waals surface area contributed by atoms with Gasteiger partial charge in [-0.05, 0) is 30.7 Å². The molecule has 1 heterocycles. The Kier molecular flexibility index (Phi) is 4.09. The Hall–Kier alpha value is -1.15. The van der Waals surface area contributed by atoms with E-state index in [1.807, 2.05) is 30.6 Å². The van der Waals surface area contributed by atoms with Crippen molar-refractivity contribution in [3.8, 4) is 0 Å². The molecule has 0 aliphatic rings. The molecule has 0 spiro atoms. The third-order valence-corrected chi connectivity index (χ3v) is 1.60. The summed E-state index contributed by atoms with van der Waals surface area (Å²) in [5, 5.41) is 3.30. The first kappa shape index (κ1) is 8.94. The minimum absolute atomic E-state index is 0.913. The van der Waals surface area contributed by atoms with Crippen molar-refractivity contribution < 1.29 is 0 Å². The van der Waals surface area contributed by atoms with E-state index in [0.717, 1.165) is 19.5 Å². The molecule has 0 aliphatic heterocycles. The highest BCUT2D eigenvalue weighted by molar-refractivity contribution is 5.08. The molecule has 0 fully saturated rings. The van der Waals surface area contributed by atoms with Gasteiger partial charge >= 0.3 is 0 Å². The third kappa shape index (κ3) is 3.30. The average Bonchev–Trinajstić information content (AvgIpc) is 2.14. The van der Waals surface area contributed by atoms with Crippen molar-refractivity contribution in [1.29, 1.82) is 0 Å². The second-order valence-electron chi connectivity index (χ2n) is 2.61. The van der Waals surface area contributed by atoms with Crippen molar-refractivity contribution in [1.82, 2.24) is 10.3 Å². The average molecular weight is 162 g/mol. The van der Waals surface area contributed by atoms with Crippen LogP contribution in [-0.2, 0) is 6.54 Å². The van der Waals surface area contributed by atoms with Crippen molar-refractivity contribution in [2.45, 2.75) is 13.0 Å². The largest absolute Gasteiger partial charge is 0.312 e. The Bertz CT molecular complexity index is 219. The molecule has 1 aromatic rings. The second kappa shape index (κ2) is 5.49. The van der Waals surface area contributed by atoms with Crippen LogP contribution >= 0.6 is 0 Å². The van der Waals surface area contributed by atoms with Gasteiger partial charge in [-0.3, -0.25) is 4.98 Å². The monoisotopic (exact) mass is 162 g/mol. The molecule has 12 heavy (non-hydrogen) atoms. The number of nitrogens with zero attached hydrogens (tertiary/aromatic N) is 1. The Morgan fingerprint density at radius 1 is 1.42 bits per heavy atom. The summed E-state index contributed by atoms with van der Waals surface area (Å²) in [6.07, 6.45) is 6.56. The van der Waals surface area contributed by atoms with Gasteiger partial charge in [-0.1, -0.05) is 6.08 Å². The molecular weight excluding hydrogens is 148 g/mol. The molecule has 0 amide bonds. The van der Waals surface area contributed by atoms with Gasteiger partial charge < -0.3 is 5.32 Å². The van der Waals surface area contributed by atoms with E-state index in [0.29, 0.717) is 0 Å². The van der Waals surface area contributed by atoms with Crippen LogP contribution in [0.5, 0.6) is 0 Å². The van der Waals surface area contributed by atoms with Gasteiger partial charge in [-0.25, -0.2) is 0 Å². The molecule has 0 unspecified atom stereocenters. The van der Waals surface area contributed by atoms with Crippen LogP contribution in [0, 0.1) is 0 Å². The maximum absolute atomic E-state index is 3.95. The Labute approximate surface area is 73.3 Å². The number of pyridine rings is 1. The third-order valence-electron chi connectivity index (χ3n) is 1.60. The van der Waals surface area contributed by atoms with Gasteiger partial charge in [0.15, 0.2) is 0 Å². The highest BCUT2D eigenvalue weighted by Crippen LogP contribution is 1.94. The van der Waals surface area contributed by atoms with Crippen LogP contribution in [0.25, 0.3) is 0 Å². The first-order valence-corrected chi connectivity index (χ1v) is 4.14. The topological polar surface area (TPSA) is 24.9 Å². The van der Waals surface area contributed by atoms with E-state index in [2.05, 4.69) is 16.9 Å². The summed E-state index contributed by atoms with van der Waals surface area (Å²) in [7, 11) is 0.